The minimum Gasteiger partial charge on any atom is -0.477 e. The summed E-state index contributed by atoms with van der Waals surface area (Å²) < 4.78 is 0. The van der Waals surface area contributed by atoms with Crippen LogP contribution in [-0.2, 0) is 6.42 Å². The van der Waals surface area contributed by atoms with E-state index in [2.05, 4.69) is 9.98 Å². The van der Waals surface area contributed by atoms with Crippen LogP contribution in [0.5, 0.6) is 0 Å². The zero-order valence-corrected chi connectivity index (χ0v) is 9.50. The van der Waals surface area contributed by atoms with Crippen LogP contribution in [0, 0.1) is 0 Å². The summed E-state index contributed by atoms with van der Waals surface area (Å²) in [5.74, 6) is -1.02. The fourth-order valence-corrected chi connectivity index (χ4v) is 2.00. The van der Waals surface area contributed by atoms with Crippen molar-refractivity contribution in [2.75, 3.05) is 0 Å². The molecule has 1 N–H and O–H groups in total. The van der Waals surface area contributed by atoms with Gasteiger partial charge in [0.15, 0.2) is 0 Å². The van der Waals surface area contributed by atoms with Crippen molar-refractivity contribution in [1.82, 2.24) is 4.98 Å². The third-order valence-corrected chi connectivity index (χ3v) is 2.87. The van der Waals surface area contributed by atoms with Gasteiger partial charge in [-0.15, -0.1) is 0 Å². The van der Waals surface area contributed by atoms with Gasteiger partial charge in [-0.1, -0.05) is 24.3 Å². The number of aromatic carboxylic acids is 1. The molecule has 18 heavy (non-hydrogen) atoms. The largest absolute Gasteiger partial charge is 0.477 e. The van der Waals surface area contributed by atoms with E-state index in [1.807, 2.05) is 24.3 Å². The third kappa shape index (κ3) is 1.78. The molecule has 2 aromatic rings. The van der Waals surface area contributed by atoms with Crippen LogP contribution in [0.3, 0.4) is 0 Å². The monoisotopic (exact) mass is 238 g/mol. The second-order valence-electron chi connectivity index (χ2n) is 4.08. The number of hydrogen-bond acceptors (Lipinski definition) is 3. The summed E-state index contributed by atoms with van der Waals surface area (Å²) in [5, 5.41) is 8.92. The Morgan fingerprint density at radius 1 is 1.11 bits per heavy atom. The van der Waals surface area contributed by atoms with Gasteiger partial charge in [0, 0.05) is 6.42 Å². The highest BCUT2D eigenvalue weighted by atomic mass is 16.4. The van der Waals surface area contributed by atoms with Gasteiger partial charge in [0.25, 0.3) is 0 Å². The molecule has 1 aromatic heterocycles. The number of para-hydroxylation sites is 1. The van der Waals surface area contributed by atoms with Gasteiger partial charge in [0.1, 0.15) is 5.69 Å². The molecule has 88 valence electrons. The number of fused-ring (bicyclic) bond motifs is 1. The highest BCUT2D eigenvalue weighted by molar-refractivity contribution is 6.05. The van der Waals surface area contributed by atoms with Crippen molar-refractivity contribution in [3.63, 3.8) is 0 Å². The molecule has 0 saturated carbocycles. The van der Waals surface area contributed by atoms with E-state index < -0.39 is 5.97 Å². The molecule has 0 amide bonds. The molecule has 4 heteroatoms. The van der Waals surface area contributed by atoms with Gasteiger partial charge >= 0.3 is 5.97 Å². The molecule has 0 bridgehead atoms. The standard InChI is InChI=1S/C14H10N2O2/c17-14(18)12-7-3-6-11(16-12)13-8-9-4-1-2-5-10(9)15-13/h1-7H,8H2,(H,17,18). The number of carbonyl (C=O) groups is 1. The van der Waals surface area contributed by atoms with Crippen LogP contribution >= 0.6 is 0 Å². The molecule has 0 fully saturated rings. The van der Waals surface area contributed by atoms with Crippen molar-refractivity contribution >= 4 is 17.4 Å². The number of aromatic nitrogens is 1. The molecule has 2 heterocycles. The SMILES string of the molecule is O=C(O)c1cccc(C2=Nc3ccccc3C2)n1. The summed E-state index contributed by atoms with van der Waals surface area (Å²) in [6.07, 6.45) is 0.701. The number of nitrogens with zero attached hydrogens (tertiary/aromatic N) is 2. The van der Waals surface area contributed by atoms with E-state index >= 15 is 0 Å². The van der Waals surface area contributed by atoms with E-state index in [1.54, 1.807) is 12.1 Å². The second-order valence-corrected chi connectivity index (χ2v) is 4.08. The lowest BCUT2D eigenvalue weighted by Crippen LogP contribution is -2.08. The van der Waals surface area contributed by atoms with Gasteiger partial charge in [-0.05, 0) is 23.8 Å². The van der Waals surface area contributed by atoms with E-state index in [1.165, 1.54) is 6.07 Å². The lowest BCUT2D eigenvalue weighted by Gasteiger charge is -2.00. The number of pyridine rings is 1. The van der Waals surface area contributed by atoms with Gasteiger partial charge in [-0.3, -0.25) is 4.99 Å². The van der Waals surface area contributed by atoms with E-state index in [-0.39, 0.29) is 5.69 Å². The summed E-state index contributed by atoms with van der Waals surface area (Å²) in [6.45, 7) is 0. The van der Waals surface area contributed by atoms with Crippen molar-refractivity contribution in [3.8, 4) is 0 Å². The molecule has 4 nitrogen and oxygen atoms in total. The third-order valence-electron chi connectivity index (χ3n) is 2.87. The number of aliphatic imine (C=N–C) groups is 1. The zero-order chi connectivity index (χ0) is 12.5. The molecule has 1 aromatic carbocycles. The lowest BCUT2D eigenvalue weighted by atomic mass is 10.1. The van der Waals surface area contributed by atoms with Crippen LogP contribution in [-0.4, -0.2) is 21.8 Å². The van der Waals surface area contributed by atoms with Crippen molar-refractivity contribution in [3.05, 3.63) is 59.4 Å². The van der Waals surface area contributed by atoms with Crippen LogP contribution in [0.25, 0.3) is 0 Å². The summed E-state index contributed by atoms with van der Waals surface area (Å²) in [6, 6.07) is 12.8. The molecule has 1 aliphatic heterocycles. The Labute approximate surface area is 104 Å². The maximum absolute atomic E-state index is 10.9. The molecule has 0 radical (unpaired) electrons. The van der Waals surface area contributed by atoms with Crippen LogP contribution in [0.1, 0.15) is 21.7 Å². The average Bonchev–Trinajstić information content (AvgIpc) is 2.82. The Balaban J connectivity index is 1.99. The van der Waals surface area contributed by atoms with Gasteiger partial charge in [0.05, 0.1) is 17.1 Å². The fourth-order valence-electron chi connectivity index (χ4n) is 2.00. The minimum absolute atomic E-state index is 0.0474. The molecular weight excluding hydrogens is 228 g/mol. The fraction of sp³-hybridized carbons (Fsp3) is 0.0714. The first-order valence-corrected chi connectivity index (χ1v) is 5.60. The smallest absolute Gasteiger partial charge is 0.354 e. The van der Waals surface area contributed by atoms with Gasteiger partial charge < -0.3 is 5.11 Å². The number of rotatable bonds is 2. The van der Waals surface area contributed by atoms with Crippen LogP contribution in [0.15, 0.2) is 47.5 Å². The average molecular weight is 238 g/mol. The number of benzene rings is 1. The van der Waals surface area contributed by atoms with Crippen LogP contribution < -0.4 is 0 Å². The molecule has 0 saturated heterocycles. The van der Waals surface area contributed by atoms with E-state index in [9.17, 15) is 4.79 Å². The Hall–Kier alpha value is -2.49. The number of hydrogen-bond donors (Lipinski definition) is 1. The molecule has 0 aliphatic carbocycles. The van der Waals surface area contributed by atoms with E-state index in [4.69, 9.17) is 5.11 Å². The summed E-state index contributed by atoms with van der Waals surface area (Å²) in [5.41, 5.74) is 3.58. The van der Waals surface area contributed by atoms with Gasteiger partial charge in [0.2, 0.25) is 0 Å². The maximum Gasteiger partial charge on any atom is 0.354 e. The lowest BCUT2D eigenvalue weighted by molar-refractivity contribution is 0.0690. The Bertz CT molecular complexity index is 662. The van der Waals surface area contributed by atoms with Crippen molar-refractivity contribution in [1.29, 1.82) is 0 Å². The predicted octanol–water partition coefficient (Wildman–Crippen LogP) is 2.46. The Morgan fingerprint density at radius 3 is 2.72 bits per heavy atom. The molecule has 3 rings (SSSR count). The van der Waals surface area contributed by atoms with Gasteiger partial charge in [-0.2, -0.15) is 0 Å². The summed E-state index contributed by atoms with van der Waals surface area (Å²) in [4.78, 5) is 19.5. The highest BCUT2D eigenvalue weighted by Crippen LogP contribution is 2.27. The quantitative estimate of drug-likeness (QED) is 0.874. The van der Waals surface area contributed by atoms with Crippen molar-refractivity contribution in [2.45, 2.75) is 6.42 Å². The van der Waals surface area contributed by atoms with Gasteiger partial charge in [-0.25, -0.2) is 9.78 Å². The van der Waals surface area contributed by atoms with Crippen LogP contribution in [0.2, 0.25) is 0 Å². The molecule has 1 aliphatic rings. The topological polar surface area (TPSA) is 62.5 Å². The zero-order valence-electron chi connectivity index (χ0n) is 9.50. The van der Waals surface area contributed by atoms with Crippen molar-refractivity contribution in [2.24, 2.45) is 4.99 Å². The predicted molar refractivity (Wildman–Crippen MR) is 67.5 cm³/mol. The minimum atomic E-state index is -1.02. The first-order valence-electron chi connectivity index (χ1n) is 5.60. The first-order chi connectivity index (χ1) is 8.74. The number of carboxylic acid groups (broad SMARTS) is 1. The van der Waals surface area contributed by atoms with E-state index in [0.717, 1.165) is 17.0 Å². The number of carboxylic acids is 1. The molecule has 0 unspecified atom stereocenters. The Kier molecular flexibility index (Phi) is 2.41. The summed E-state index contributed by atoms with van der Waals surface area (Å²) in [7, 11) is 0. The summed E-state index contributed by atoms with van der Waals surface area (Å²) >= 11 is 0. The molecular formula is C14H10N2O2. The second kappa shape index (κ2) is 4.07. The van der Waals surface area contributed by atoms with Crippen LogP contribution in [0.4, 0.5) is 5.69 Å². The maximum atomic E-state index is 10.9. The molecule has 0 atom stereocenters. The Morgan fingerprint density at radius 2 is 1.94 bits per heavy atom. The van der Waals surface area contributed by atoms with Crippen molar-refractivity contribution < 1.29 is 9.90 Å². The van der Waals surface area contributed by atoms with E-state index in [0.29, 0.717) is 12.1 Å². The molecule has 0 spiro atoms. The first kappa shape index (κ1) is 10.7. The highest BCUT2D eigenvalue weighted by Gasteiger charge is 2.17. The normalized spacial score (nSPS) is 13.0.